The van der Waals surface area contributed by atoms with E-state index in [1.54, 1.807) is 0 Å². The molecule has 2 fully saturated rings. The van der Waals surface area contributed by atoms with Gasteiger partial charge in [-0.3, -0.25) is 4.79 Å². The quantitative estimate of drug-likeness (QED) is 0.814. The molecule has 108 valence electrons. The first-order valence-electron chi connectivity index (χ1n) is 6.14. The van der Waals surface area contributed by atoms with Crippen molar-refractivity contribution >= 4 is 15.9 Å². The molecule has 0 spiro atoms. The third-order valence-corrected chi connectivity index (χ3v) is 5.33. The van der Waals surface area contributed by atoms with Gasteiger partial charge in [0.1, 0.15) is 17.3 Å². The zero-order valence-corrected chi connectivity index (χ0v) is 11.3. The van der Waals surface area contributed by atoms with Crippen LogP contribution in [-0.2, 0) is 19.6 Å². The van der Waals surface area contributed by atoms with Crippen LogP contribution in [0.1, 0.15) is 0 Å². The Morgan fingerprint density at radius 3 is 2.80 bits per heavy atom. The van der Waals surface area contributed by atoms with E-state index in [9.17, 15) is 17.6 Å². The molecule has 8 heteroatoms. The van der Waals surface area contributed by atoms with Gasteiger partial charge in [-0.15, -0.1) is 0 Å². The van der Waals surface area contributed by atoms with Crippen molar-refractivity contribution in [2.45, 2.75) is 17.0 Å². The number of carbonyl (C=O) groups is 1. The number of benzene rings is 1. The fraction of sp³-hybridized carbons (Fsp3) is 0.417. The zero-order valence-electron chi connectivity index (χ0n) is 10.5. The van der Waals surface area contributed by atoms with Crippen LogP contribution in [0.25, 0.3) is 0 Å². The Bertz CT molecular complexity index is 649. The summed E-state index contributed by atoms with van der Waals surface area (Å²) in [5.74, 6) is -1.05. The zero-order chi connectivity index (χ0) is 14.3. The third-order valence-electron chi connectivity index (χ3n) is 3.46. The molecule has 2 saturated heterocycles. The van der Waals surface area contributed by atoms with Crippen LogP contribution in [0.3, 0.4) is 0 Å². The van der Waals surface area contributed by atoms with E-state index in [1.165, 1.54) is 18.2 Å². The lowest BCUT2D eigenvalue weighted by atomic mass is 10.2. The first-order valence-corrected chi connectivity index (χ1v) is 7.58. The molecule has 2 aliphatic rings. The van der Waals surface area contributed by atoms with Crippen molar-refractivity contribution in [1.82, 2.24) is 9.62 Å². The molecule has 20 heavy (non-hydrogen) atoms. The minimum atomic E-state index is -3.92. The lowest BCUT2D eigenvalue weighted by Gasteiger charge is -2.24. The van der Waals surface area contributed by atoms with Gasteiger partial charge in [-0.1, -0.05) is 12.1 Å². The maximum atomic E-state index is 13.7. The van der Waals surface area contributed by atoms with Gasteiger partial charge in [-0.05, 0) is 12.1 Å². The highest BCUT2D eigenvalue weighted by Crippen LogP contribution is 2.25. The monoisotopic (exact) mass is 300 g/mol. The van der Waals surface area contributed by atoms with E-state index in [1.807, 2.05) is 0 Å². The van der Waals surface area contributed by atoms with Crippen LogP contribution in [0.5, 0.6) is 0 Å². The summed E-state index contributed by atoms with van der Waals surface area (Å²) in [5.41, 5.74) is 0. The Morgan fingerprint density at radius 2 is 2.05 bits per heavy atom. The number of carbonyl (C=O) groups excluding carboxylic acids is 1. The standard InChI is InChI=1S/C12H13FN2O4S/c13-8-3-1-2-4-11(8)20(17,18)15-5-9-10(6-15)19-7-12(16)14-9/h1-4,9-10H,5-7H2,(H,14,16)/t9-,10-/m0/s1. The number of nitrogens with one attached hydrogen (secondary N) is 1. The highest BCUT2D eigenvalue weighted by Gasteiger charge is 2.43. The first kappa shape index (κ1) is 13.5. The molecule has 0 saturated carbocycles. The van der Waals surface area contributed by atoms with Crippen LogP contribution >= 0.6 is 0 Å². The number of nitrogens with zero attached hydrogens (tertiary/aromatic N) is 1. The van der Waals surface area contributed by atoms with Crippen LogP contribution in [0.4, 0.5) is 4.39 Å². The lowest BCUT2D eigenvalue weighted by Crippen LogP contribution is -2.50. The van der Waals surface area contributed by atoms with Crippen molar-refractivity contribution < 1.29 is 22.3 Å². The van der Waals surface area contributed by atoms with Crippen molar-refractivity contribution in [3.8, 4) is 0 Å². The lowest BCUT2D eigenvalue weighted by molar-refractivity contribution is -0.134. The van der Waals surface area contributed by atoms with E-state index in [4.69, 9.17) is 4.74 Å². The second-order valence-electron chi connectivity index (χ2n) is 4.78. The predicted molar refractivity (Wildman–Crippen MR) is 66.8 cm³/mol. The number of morpholine rings is 1. The van der Waals surface area contributed by atoms with Gasteiger partial charge in [-0.2, -0.15) is 4.31 Å². The van der Waals surface area contributed by atoms with Crippen LogP contribution in [0, 0.1) is 5.82 Å². The van der Waals surface area contributed by atoms with E-state index in [-0.39, 0.29) is 42.6 Å². The maximum absolute atomic E-state index is 13.7. The van der Waals surface area contributed by atoms with Crippen molar-refractivity contribution in [2.24, 2.45) is 0 Å². The molecule has 0 aliphatic carbocycles. The molecule has 1 aromatic rings. The van der Waals surface area contributed by atoms with Crippen LogP contribution in [-0.4, -0.2) is 50.5 Å². The molecule has 0 aromatic heterocycles. The minimum absolute atomic E-state index is 0.0747. The predicted octanol–water partition coefficient (Wildman–Crippen LogP) is -0.286. The van der Waals surface area contributed by atoms with E-state index >= 15 is 0 Å². The Kier molecular flexibility index (Phi) is 3.23. The largest absolute Gasteiger partial charge is 0.365 e. The number of hydrogen-bond acceptors (Lipinski definition) is 4. The van der Waals surface area contributed by atoms with Crippen molar-refractivity contribution in [3.05, 3.63) is 30.1 Å². The van der Waals surface area contributed by atoms with Gasteiger partial charge >= 0.3 is 0 Å². The van der Waals surface area contributed by atoms with Crippen molar-refractivity contribution in [2.75, 3.05) is 19.7 Å². The smallest absolute Gasteiger partial charge is 0.246 e. The molecule has 0 bridgehead atoms. The minimum Gasteiger partial charge on any atom is -0.365 e. The SMILES string of the molecule is O=C1CO[C@H]2CN(S(=O)(=O)c3ccccc3F)C[C@@H]2N1. The number of fused-ring (bicyclic) bond motifs is 1. The van der Waals surface area contributed by atoms with Gasteiger partial charge < -0.3 is 10.1 Å². The van der Waals surface area contributed by atoms with Gasteiger partial charge in [0, 0.05) is 13.1 Å². The molecular formula is C12H13FN2O4S. The molecular weight excluding hydrogens is 287 g/mol. The molecule has 3 rings (SSSR count). The summed E-state index contributed by atoms with van der Waals surface area (Å²) < 4.78 is 44.9. The first-order chi connectivity index (χ1) is 9.48. The number of halogens is 1. The second-order valence-corrected chi connectivity index (χ2v) is 6.68. The van der Waals surface area contributed by atoms with Gasteiger partial charge in [0.05, 0.1) is 12.1 Å². The van der Waals surface area contributed by atoms with Crippen molar-refractivity contribution in [1.29, 1.82) is 0 Å². The van der Waals surface area contributed by atoms with E-state index in [2.05, 4.69) is 5.32 Å². The number of ether oxygens (including phenoxy) is 1. The molecule has 0 unspecified atom stereocenters. The van der Waals surface area contributed by atoms with Gasteiger partial charge in [0.15, 0.2) is 0 Å². The molecule has 1 aromatic carbocycles. The molecule has 1 N–H and O–H groups in total. The van der Waals surface area contributed by atoms with Gasteiger partial charge in [0.25, 0.3) is 0 Å². The average Bonchev–Trinajstić information content (AvgIpc) is 2.82. The van der Waals surface area contributed by atoms with Crippen molar-refractivity contribution in [3.63, 3.8) is 0 Å². The Hall–Kier alpha value is -1.51. The van der Waals surface area contributed by atoms with Crippen LogP contribution in [0.2, 0.25) is 0 Å². The fourth-order valence-electron chi connectivity index (χ4n) is 2.47. The molecule has 6 nitrogen and oxygen atoms in total. The summed E-state index contributed by atoms with van der Waals surface area (Å²) in [4.78, 5) is 10.9. The Balaban J connectivity index is 1.87. The third kappa shape index (κ3) is 2.19. The number of sulfonamides is 1. The molecule has 2 aliphatic heterocycles. The number of hydrogen-bond donors (Lipinski definition) is 1. The summed E-state index contributed by atoms with van der Waals surface area (Å²) in [6.07, 6.45) is -0.380. The summed E-state index contributed by atoms with van der Waals surface area (Å²) in [7, 11) is -3.92. The van der Waals surface area contributed by atoms with E-state index in [0.29, 0.717) is 0 Å². The molecule has 2 atom stereocenters. The Labute approximate surface area is 115 Å². The fourth-order valence-corrected chi connectivity index (χ4v) is 4.01. The topological polar surface area (TPSA) is 75.7 Å². The number of amides is 1. The average molecular weight is 300 g/mol. The van der Waals surface area contributed by atoms with E-state index < -0.39 is 15.8 Å². The summed E-state index contributed by atoms with van der Waals surface area (Å²) in [6, 6.07) is 4.86. The maximum Gasteiger partial charge on any atom is 0.246 e. The summed E-state index contributed by atoms with van der Waals surface area (Å²) >= 11 is 0. The summed E-state index contributed by atoms with van der Waals surface area (Å²) in [5, 5.41) is 2.68. The molecule has 1 amide bonds. The number of rotatable bonds is 2. The Morgan fingerprint density at radius 1 is 1.30 bits per heavy atom. The van der Waals surface area contributed by atoms with E-state index in [0.717, 1.165) is 10.4 Å². The van der Waals surface area contributed by atoms with Crippen LogP contribution < -0.4 is 5.32 Å². The second kappa shape index (κ2) is 4.80. The van der Waals surface area contributed by atoms with Gasteiger partial charge in [0.2, 0.25) is 15.9 Å². The highest BCUT2D eigenvalue weighted by molar-refractivity contribution is 7.89. The molecule has 0 radical (unpaired) electrons. The summed E-state index contributed by atoms with van der Waals surface area (Å²) in [6.45, 7) is 0.128. The van der Waals surface area contributed by atoms with Crippen LogP contribution in [0.15, 0.2) is 29.2 Å². The molecule has 2 heterocycles. The normalized spacial score (nSPS) is 27.1. The highest BCUT2D eigenvalue weighted by atomic mass is 32.2. The van der Waals surface area contributed by atoms with Gasteiger partial charge in [-0.25, -0.2) is 12.8 Å².